The Kier molecular flexibility index (Phi) is 3.47. The molecule has 23 heavy (non-hydrogen) atoms. The lowest BCUT2D eigenvalue weighted by Gasteiger charge is -2.20. The summed E-state index contributed by atoms with van der Waals surface area (Å²) in [5.74, 6) is 0. The molecule has 3 heterocycles. The lowest BCUT2D eigenvalue weighted by Crippen LogP contribution is -2.14. The van der Waals surface area contributed by atoms with Gasteiger partial charge in [0.05, 0.1) is 47.3 Å². The Morgan fingerprint density at radius 1 is 1.30 bits per heavy atom. The molecule has 2 aromatic heterocycles. The smallest absolute Gasteiger partial charge is 0.0994 e. The Labute approximate surface area is 139 Å². The number of hydrogen-bond acceptors (Lipinski definition) is 3. The molecule has 1 aliphatic rings. The largest absolute Gasteiger partial charge is 0.387 e. The van der Waals surface area contributed by atoms with E-state index in [1.54, 1.807) is 10.9 Å². The van der Waals surface area contributed by atoms with Crippen molar-refractivity contribution in [1.29, 1.82) is 0 Å². The summed E-state index contributed by atoms with van der Waals surface area (Å²) < 4.78 is 3.87. The molecular formula is C17H17ClN4O. The van der Waals surface area contributed by atoms with Crippen molar-refractivity contribution in [2.45, 2.75) is 32.0 Å². The van der Waals surface area contributed by atoms with Crippen LogP contribution in [0.2, 0.25) is 5.02 Å². The molecule has 0 aliphatic carbocycles. The average molecular weight is 329 g/mol. The number of aryl methyl sites for hydroxylation is 1. The number of aliphatic hydroxyl groups is 1. The predicted molar refractivity (Wildman–Crippen MR) is 88.3 cm³/mol. The third-order valence-electron chi connectivity index (χ3n) is 4.49. The number of aliphatic hydroxyl groups excluding tert-OH is 1. The van der Waals surface area contributed by atoms with E-state index >= 15 is 0 Å². The zero-order valence-electron chi connectivity index (χ0n) is 12.7. The maximum absolute atomic E-state index is 10.8. The molecule has 0 fully saturated rings. The molecule has 0 bridgehead atoms. The minimum atomic E-state index is -0.684. The highest BCUT2D eigenvalue weighted by Crippen LogP contribution is 2.43. The SMILES string of the molecule is CCn1ncc(Cl)c1[C@@H](O)C[C@H]1c2ccccc2-c2cncn21. The van der Waals surface area contributed by atoms with Crippen LogP contribution in [-0.4, -0.2) is 24.4 Å². The number of hydrogen-bond donors (Lipinski definition) is 1. The van der Waals surface area contributed by atoms with Gasteiger partial charge in [0.15, 0.2) is 0 Å². The molecule has 6 heteroatoms. The van der Waals surface area contributed by atoms with Gasteiger partial charge in [-0.2, -0.15) is 5.10 Å². The summed E-state index contributed by atoms with van der Waals surface area (Å²) in [6.07, 6.45) is 5.14. The van der Waals surface area contributed by atoms with Crippen LogP contribution in [0.3, 0.4) is 0 Å². The number of imidazole rings is 1. The molecule has 0 saturated carbocycles. The highest BCUT2D eigenvalue weighted by atomic mass is 35.5. The molecule has 0 amide bonds. The van der Waals surface area contributed by atoms with Gasteiger partial charge in [-0.05, 0) is 12.5 Å². The van der Waals surface area contributed by atoms with Gasteiger partial charge in [-0.1, -0.05) is 35.9 Å². The van der Waals surface area contributed by atoms with Crippen LogP contribution in [0, 0.1) is 0 Å². The first kappa shape index (κ1) is 14.5. The fourth-order valence-corrected chi connectivity index (χ4v) is 3.72. The quantitative estimate of drug-likeness (QED) is 0.798. The van der Waals surface area contributed by atoms with Gasteiger partial charge in [-0.15, -0.1) is 0 Å². The molecule has 2 atom stereocenters. The summed E-state index contributed by atoms with van der Waals surface area (Å²) in [5, 5.41) is 15.5. The monoisotopic (exact) mass is 328 g/mol. The number of rotatable bonds is 4. The third kappa shape index (κ3) is 2.19. The fourth-order valence-electron chi connectivity index (χ4n) is 3.45. The van der Waals surface area contributed by atoms with E-state index in [0.29, 0.717) is 23.7 Å². The van der Waals surface area contributed by atoms with Gasteiger partial charge in [0.25, 0.3) is 0 Å². The van der Waals surface area contributed by atoms with Gasteiger partial charge < -0.3 is 9.67 Å². The summed E-state index contributed by atoms with van der Waals surface area (Å²) in [4.78, 5) is 4.25. The van der Waals surface area contributed by atoms with Crippen LogP contribution in [-0.2, 0) is 6.54 Å². The van der Waals surface area contributed by atoms with Gasteiger partial charge in [0.2, 0.25) is 0 Å². The molecule has 0 saturated heterocycles. The molecule has 3 aromatic rings. The topological polar surface area (TPSA) is 55.9 Å². The summed E-state index contributed by atoms with van der Waals surface area (Å²) in [6.45, 7) is 2.66. The standard InChI is InChI=1S/C17H17ClN4O/c1-2-22-17(13(18)8-20-22)16(23)7-14-11-5-3-4-6-12(11)15-9-19-10-21(14)15/h3-6,8-10,14,16,23H,2,7H2,1H3/t14-,16-/m0/s1. The van der Waals surface area contributed by atoms with E-state index in [4.69, 9.17) is 11.6 Å². The number of halogens is 1. The fraction of sp³-hybridized carbons (Fsp3) is 0.294. The maximum Gasteiger partial charge on any atom is 0.0994 e. The first-order chi connectivity index (χ1) is 11.2. The van der Waals surface area contributed by atoms with Crippen molar-refractivity contribution < 1.29 is 5.11 Å². The van der Waals surface area contributed by atoms with Crippen LogP contribution in [0.1, 0.15) is 36.7 Å². The Bertz CT molecular complexity index is 854. The molecule has 0 unspecified atom stereocenters. The number of aromatic nitrogens is 4. The van der Waals surface area contributed by atoms with Crippen molar-refractivity contribution in [3.05, 3.63) is 59.3 Å². The Morgan fingerprint density at radius 3 is 2.96 bits per heavy atom. The van der Waals surface area contributed by atoms with Crippen molar-refractivity contribution in [3.63, 3.8) is 0 Å². The van der Waals surface area contributed by atoms with Crippen LogP contribution in [0.15, 0.2) is 43.0 Å². The molecule has 5 nitrogen and oxygen atoms in total. The molecule has 118 valence electrons. The Balaban J connectivity index is 1.71. The van der Waals surface area contributed by atoms with Crippen LogP contribution in [0.4, 0.5) is 0 Å². The molecule has 1 aromatic carbocycles. The van der Waals surface area contributed by atoms with Gasteiger partial charge >= 0.3 is 0 Å². The average Bonchev–Trinajstić information content (AvgIpc) is 3.24. The second-order valence-corrected chi connectivity index (χ2v) is 6.14. The summed E-state index contributed by atoms with van der Waals surface area (Å²) in [5.41, 5.74) is 4.16. The van der Waals surface area contributed by atoms with Crippen LogP contribution < -0.4 is 0 Å². The predicted octanol–water partition coefficient (Wildman–Crippen LogP) is 3.45. The molecule has 1 aliphatic heterocycles. The molecule has 0 spiro atoms. The summed E-state index contributed by atoms with van der Waals surface area (Å²) >= 11 is 6.22. The summed E-state index contributed by atoms with van der Waals surface area (Å²) in [7, 11) is 0. The third-order valence-corrected chi connectivity index (χ3v) is 4.78. The van der Waals surface area contributed by atoms with E-state index in [1.807, 2.05) is 31.6 Å². The number of fused-ring (bicyclic) bond motifs is 3. The molecular weight excluding hydrogens is 312 g/mol. The molecule has 1 N–H and O–H groups in total. The number of benzene rings is 1. The van der Waals surface area contributed by atoms with Crippen molar-refractivity contribution in [2.24, 2.45) is 0 Å². The van der Waals surface area contributed by atoms with Crippen molar-refractivity contribution in [2.75, 3.05) is 0 Å². The Hall–Kier alpha value is -2.11. The van der Waals surface area contributed by atoms with E-state index in [1.165, 1.54) is 11.1 Å². The van der Waals surface area contributed by atoms with Crippen LogP contribution in [0.5, 0.6) is 0 Å². The first-order valence-electron chi connectivity index (χ1n) is 7.71. The van der Waals surface area contributed by atoms with E-state index in [-0.39, 0.29) is 6.04 Å². The van der Waals surface area contributed by atoms with Gasteiger partial charge in [0, 0.05) is 18.5 Å². The van der Waals surface area contributed by atoms with E-state index in [9.17, 15) is 5.11 Å². The van der Waals surface area contributed by atoms with E-state index in [0.717, 1.165) is 5.69 Å². The molecule has 4 rings (SSSR count). The normalized spacial score (nSPS) is 17.1. The first-order valence-corrected chi connectivity index (χ1v) is 8.09. The van der Waals surface area contributed by atoms with Crippen molar-refractivity contribution >= 4 is 11.6 Å². The zero-order valence-corrected chi connectivity index (χ0v) is 13.5. The summed E-state index contributed by atoms with van der Waals surface area (Å²) in [6, 6.07) is 8.31. The van der Waals surface area contributed by atoms with Gasteiger partial charge in [0.1, 0.15) is 0 Å². The Morgan fingerprint density at radius 2 is 2.13 bits per heavy atom. The zero-order chi connectivity index (χ0) is 16.0. The highest BCUT2D eigenvalue weighted by Gasteiger charge is 2.31. The van der Waals surface area contributed by atoms with Crippen molar-refractivity contribution in [3.8, 4) is 11.3 Å². The second kappa shape index (κ2) is 5.51. The lowest BCUT2D eigenvalue weighted by atomic mass is 9.97. The lowest BCUT2D eigenvalue weighted by molar-refractivity contribution is 0.143. The van der Waals surface area contributed by atoms with Crippen molar-refractivity contribution in [1.82, 2.24) is 19.3 Å². The highest BCUT2D eigenvalue weighted by molar-refractivity contribution is 6.31. The van der Waals surface area contributed by atoms with Crippen LogP contribution in [0.25, 0.3) is 11.3 Å². The second-order valence-electron chi connectivity index (χ2n) is 5.73. The van der Waals surface area contributed by atoms with Gasteiger partial charge in [-0.25, -0.2) is 4.98 Å². The minimum absolute atomic E-state index is 0.0509. The van der Waals surface area contributed by atoms with E-state index < -0.39 is 6.10 Å². The molecule has 0 radical (unpaired) electrons. The minimum Gasteiger partial charge on any atom is -0.387 e. The number of nitrogens with zero attached hydrogens (tertiary/aromatic N) is 4. The van der Waals surface area contributed by atoms with Gasteiger partial charge in [-0.3, -0.25) is 4.68 Å². The maximum atomic E-state index is 10.8. The van der Waals surface area contributed by atoms with Crippen LogP contribution >= 0.6 is 11.6 Å². The van der Waals surface area contributed by atoms with E-state index in [2.05, 4.69) is 26.8 Å².